The van der Waals surface area contributed by atoms with E-state index in [-0.39, 0.29) is 0 Å². The molecule has 0 amide bonds. The molecule has 1 N–H and O–H groups in total. The molecule has 86 valence electrons. The van der Waals surface area contributed by atoms with Crippen LogP contribution in [-0.2, 0) is 6.54 Å². The number of hydrogen-bond donors (Lipinski definition) is 1. The molecular formula is C11H15BrN4. The maximum absolute atomic E-state index is 4.48. The first-order chi connectivity index (χ1) is 7.63. The molecule has 0 aliphatic rings. The monoisotopic (exact) mass is 282 g/mol. The minimum absolute atomic E-state index is 0.754. The minimum Gasteiger partial charge on any atom is -0.376 e. The molecule has 0 aliphatic heterocycles. The van der Waals surface area contributed by atoms with Gasteiger partial charge in [-0.25, -0.2) is 4.98 Å². The van der Waals surface area contributed by atoms with Crippen LogP contribution in [0.25, 0.3) is 5.52 Å². The van der Waals surface area contributed by atoms with Crippen LogP contribution >= 0.6 is 15.9 Å². The van der Waals surface area contributed by atoms with Crippen LogP contribution in [0.4, 0.5) is 5.69 Å². The number of nitrogens with zero attached hydrogens (tertiary/aromatic N) is 3. The highest BCUT2D eigenvalue weighted by Crippen LogP contribution is 2.22. The second kappa shape index (κ2) is 4.43. The van der Waals surface area contributed by atoms with Crippen molar-refractivity contribution >= 4 is 27.1 Å². The molecule has 0 saturated heterocycles. The Morgan fingerprint density at radius 2 is 2.19 bits per heavy atom. The topological polar surface area (TPSA) is 32.6 Å². The fourth-order valence-corrected chi connectivity index (χ4v) is 2.17. The summed E-state index contributed by atoms with van der Waals surface area (Å²) in [5.41, 5.74) is 2.26. The maximum Gasteiger partial charge on any atom is 0.132 e. The van der Waals surface area contributed by atoms with Gasteiger partial charge in [0.05, 0.1) is 17.7 Å². The Labute approximate surface area is 103 Å². The van der Waals surface area contributed by atoms with E-state index in [1.165, 1.54) is 0 Å². The molecule has 0 radical (unpaired) electrons. The molecule has 2 aromatic rings. The first kappa shape index (κ1) is 11.4. The van der Waals surface area contributed by atoms with E-state index >= 15 is 0 Å². The van der Waals surface area contributed by atoms with Gasteiger partial charge in [-0.1, -0.05) is 0 Å². The fraction of sp³-hybridized carbons (Fsp3) is 0.364. The van der Waals surface area contributed by atoms with E-state index in [1.54, 1.807) is 0 Å². The van der Waals surface area contributed by atoms with Gasteiger partial charge in [0, 0.05) is 20.3 Å². The van der Waals surface area contributed by atoms with E-state index in [0.29, 0.717) is 0 Å². The zero-order valence-electron chi connectivity index (χ0n) is 9.66. The number of fused-ring (bicyclic) bond motifs is 1. The summed E-state index contributed by atoms with van der Waals surface area (Å²) < 4.78 is 3.00. The zero-order chi connectivity index (χ0) is 11.7. The third kappa shape index (κ3) is 1.92. The van der Waals surface area contributed by atoms with Crippen molar-refractivity contribution in [3.63, 3.8) is 0 Å². The van der Waals surface area contributed by atoms with Crippen molar-refractivity contribution in [1.82, 2.24) is 14.7 Å². The van der Waals surface area contributed by atoms with Gasteiger partial charge < -0.3 is 10.2 Å². The normalized spacial score (nSPS) is 11.0. The Kier molecular flexibility index (Phi) is 3.16. The summed E-state index contributed by atoms with van der Waals surface area (Å²) in [5, 5.41) is 3.12. The van der Waals surface area contributed by atoms with Crippen LogP contribution in [0.15, 0.2) is 22.9 Å². The lowest BCUT2D eigenvalue weighted by molar-refractivity contribution is 0.754. The summed E-state index contributed by atoms with van der Waals surface area (Å²) in [4.78, 5) is 6.56. The predicted octanol–water partition coefficient (Wildman–Crippen LogP) is 1.88. The van der Waals surface area contributed by atoms with Crippen LogP contribution in [0, 0.1) is 0 Å². The summed E-state index contributed by atoms with van der Waals surface area (Å²) in [6.45, 7) is 0.754. The van der Waals surface area contributed by atoms with E-state index in [0.717, 1.165) is 28.2 Å². The predicted molar refractivity (Wildman–Crippen MR) is 70.0 cm³/mol. The Morgan fingerprint density at radius 1 is 1.44 bits per heavy atom. The van der Waals surface area contributed by atoms with Gasteiger partial charge in [-0.05, 0) is 35.1 Å². The van der Waals surface area contributed by atoms with E-state index in [9.17, 15) is 0 Å². The van der Waals surface area contributed by atoms with Gasteiger partial charge in [0.25, 0.3) is 0 Å². The summed E-state index contributed by atoms with van der Waals surface area (Å²) >= 11 is 3.48. The van der Waals surface area contributed by atoms with Gasteiger partial charge in [0.1, 0.15) is 10.4 Å². The van der Waals surface area contributed by atoms with Crippen molar-refractivity contribution in [3.05, 3.63) is 28.8 Å². The third-order valence-electron chi connectivity index (χ3n) is 2.50. The first-order valence-electron chi connectivity index (χ1n) is 5.12. The van der Waals surface area contributed by atoms with Crippen molar-refractivity contribution < 1.29 is 0 Å². The van der Waals surface area contributed by atoms with Gasteiger partial charge in [0.15, 0.2) is 0 Å². The lowest BCUT2D eigenvalue weighted by atomic mass is 10.3. The van der Waals surface area contributed by atoms with Gasteiger partial charge >= 0.3 is 0 Å². The fourth-order valence-electron chi connectivity index (χ4n) is 1.64. The Balaban J connectivity index is 2.60. The second-order valence-corrected chi connectivity index (χ2v) is 4.64. The molecule has 16 heavy (non-hydrogen) atoms. The van der Waals surface area contributed by atoms with Crippen LogP contribution in [0.5, 0.6) is 0 Å². The standard InChI is InChI=1S/C11H15BrN4/c1-13-6-10-14-11(12)9-5-4-8(15(2)3)7-16(9)10/h4-5,7,13H,6H2,1-3H3. The van der Waals surface area contributed by atoms with E-state index < -0.39 is 0 Å². The molecule has 0 bridgehead atoms. The number of halogens is 1. The van der Waals surface area contributed by atoms with Gasteiger partial charge in [0.2, 0.25) is 0 Å². The summed E-state index contributed by atoms with van der Waals surface area (Å²) in [6.07, 6.45) is 2.10. The zero-order valence-corrected chi connectivity index (χ0v) is 11.2. The Bertz CT molecular complexity index is 504. The molecule has 2 rings (SSSR count). The molecule has 4 nitrogen and oxygen atoms in total. The quantitative estimate of drug-likeness (QED) is 0.933. The number of rotatable bonds is 3. The molecule has 0 spiro atoms. The van der Waals surface area contributed by atoms with Gasteiger partial charge in [-0.2, -0.15) is 0 Å². The van der Waals surface area contributed by atoms with Crippen LogP contribution in [0.2, 0.25) is 0 Å². The molecule has 2 heterocycles. The Morgan fingerprint density at radius 3 is 2.81 bits per heavy atom. The highest BCUT2D eigenvalue weighted by molar-refractivity contribution is 9.10. The van der Waals surface area contributed by atoms with Crippen molar-refractivity contribution in [3.8, 4) is 0 Å². The molecule has 0 atom stereocenters. The number of imidazole rings is 1. The summed E-state index contributed by atoms with van der Waals surface area (Å²) in [7, 11) is 5.99. The van der Waals surface area contributed by atoms with Crippen LogP contribution in [0.3, 0.4) is 0 Å². The maximum atomic E-state index is 4.48. The lowest BCUT2D eigenvalue weighted by Gasteiger charge is -2.13. The van der Waals surface area contributed by atoms with Crippen LogP contribution in [-0.4, -0.2) is 30.5 Å². The SMILES string of the molecule is CNCc1nc(Br)c2ccc(N(C)C)cn12. The highest BCUT2D eigenvalue weighted by Gasteiger charge is 2.09. The summed E-state index contributed by atoms with van der Waals surface area (Å²) in [5.74, 6) is 1.01. The van der Waals surface area contributed by atoms with Crippen molar-refractivity contribution in [2.24, 2.45) is 0 Å². The van der Waals surface area contributed by atoms with Crippen LogP contribution in [0.1, 0.15) is 5.82 Å². The molecule has 0 unspecified atom stereocenters. The average Bonchev–Trinajstić information content (AvgIpc) is 2.56. The van der Waals surface area contributed by atoms with Gasteiger partial charge in [-0.15, -0.1) is 0 Å². The molecule has 0 saturated carbocycles. The number of hydrogen-bond acceptors (Lipinski definition) is 3. The van der Waals surface area contributed by atoms with Crippen molar-refractivity contribution in [2.45, 2.75) is 6.54 Å². The Hall–Kier alpha value is -1.07. The molecule has 0 aromatic carbocycles. The average molecular weight is 283 g/mol. The summed E-state index contributed by atoms with van der Waals surface area (Å²) in [6, 6.07) is 4.16. The molecule has 0 aliphatic carbocycles. The van der Waals surface area contributed by atoms with Gasteiger partial charge in [-0.3, -0.25) is 4.40 Å². The molecule has 5 heteroatoms. The second-order valence-electron chi connectivity index (χ2n) is 3.89. The van der Waals surface area contributed by atoms with E-state index in [1.807, 2.05) is 21.1 Å². The smallest absolute Gasteiger partial charge is 0.132 e. The first-order valence-corrected chi connectivity index (χ1v) is 5.91. The number of anilines is 1. The number of pyridine rings is 1. The third-order valence-corrected chi connectivity index (χ3v) is 3.08. The molecule has 0 fully saturated rings. The van der Waals surface area contributed by atoms with Crippen molar-refractivity contribution in [1.29, 1.82) is 0 Å². The van der Waals surface area contributed by atoms with E-state index in [2.05, 4.69) is 53.9 Å². The minimum atomic E-state index is 0.754. The molecular weight excluding hydrogens is 268 g/mol. The highest BCUT2D eigenvalue weighted by atomic mass is 79.9. The van der Waals surface area contributed by atoms with Crippen LogP contribution < -0.4 is 10.2 Å². The van der Waals surface area contributed by atoms with E-state index in [4.69, 9.17) is 0 Å². The van der Waals surface area contributed by atoms with Crippen molar-refractivity contribution in [2.75, 3.05) is 26.0 Å². The largest absolute Gasteiger partial charge is 0.376 e. The molecule has 2 aromatic heterocycles. The number of aromatic nitrogens is 2. The lowest BCUT2D eigenvalue weighted by Crippen LogP contribution is -2.11. The number of nitrogens with one attached hydrogen (secondary N) is 1.